The molecular weight excluding hydrogens is 506 g/mol. The van der Waals surface area contributed by atoms with Crippen LogP contribution in [0.3, 0.4) is 0 Å². The summed E-state index contributed by atoms with van der Waals surface area (Å²) in [5.74, 6) is 6.45. The zero-order valence-electron chi connectivity index (χ0n) is 20.8. The minimum atomic E-state index is -0.418. The fraction of sp³-hybridized carbons (Fsp3) is 0.250. The van der Waals surface area contributed by atoms with E-state index in [9.17, 15) is 9.59 Å². The summed E-state index contributed by atoms with van der Waals surface area (Å²) in [4.78, 5) is 34.7. The minimum Gasteiger partial charge on any atom is -0.493 e. The van der Waals surface area contributed by atoms with Gasteiger partial charge in [-0.1, -0.05) is 36.1 Å². The van der Waals surface area contributed by atoms with Crippen molar-refractivity contribution in [3.8, 4) is 28.8 Å². The van der Waals surface area contributed by atoms with Crippen LogP contribution in [0, 0.1) is 11.8 Å². The third-order valence-corrected chi connectivity index (χ3v) is 6.74. The van der Waals surface area contributed by atoms with Crippen molar-refractivity contribution in [3.05, 3.63) is 71.2 Å². The van der Waals surface area contributed by atoms with Crippen LogP contribution in [-0.2, 0) is 16.0 Å². The summed E-state index contributed by atoms with van der Waals surface area (Å²) in [7, 11) is 1.54. The van der Waals surface area contributed by atoms with E-state index in [1.807, 2.05) is 12.1 Å². The quantitative estimate of drug-likeness (QED) is 0.343. The van der Waals surface area contributed by atoms with Gasteiger partial charge in [0.25, 0.3) is 5.91 Å². The van der Waals surface area contributed by atoms with Crippen LogP contribution < -0.4 is 15.4 Å². The predicted molar refractivity (Wildman–Crippen MR) is 145 cm³/mol. The van der Waals surface area contributed by atoms with Crippen molar-refractivity contribution in [3.63, 3.8) is 0 Å². The van der Waals surface area contributed by atoms with Crippen molar-refractivity contribution in [1.29, 1.82) is 0 Å². The second-order valence-corrected chi connectivity index (χ2v) is 9.10. The van der Waals surface area contributed by atoms with Gasteiger partial charge in [-0.25, -0.2) is 0 Å². The Bertz CT molecular complexity index is 1470. The van der Waals surface area contributed by atoms with E-state index in [2.05, 4.69) is 39.0 Å². The maximum absolute atomic E-state index is 13.0. The lowest BCUT2D eigenvalue weighted by molar-refractivity contribution is -0.132. The number of benzene rings is 1. The number of methoxy groups -OCH3 is 1. The van der Waals surface area contributed by atoms with Crippen molar-refractivity contribution in [2.24, 2.45) is 0 Å². The van der Waals surface area contributed by atoms with E-state index in [4.69, 9.17) is 21.1 Å². The van der Waals surface area contributed by atoms with Gasteiger partial charge in [0, 0.05) is 43.2 Å². The molecule has 194 valence electrons. The molecule has 2 aliphatic rings. The summed E-state index contributed by atoms with van der Waals surface area (Å²) in [5.41, 5.74) is 4.58. The van der Waals surface area contributed by atoms with Crippen LogP contribution in [0.2, 0.25) is 5.02 Å². The first kappa shape index (κ1) is 25.4. The van der Waals surface area contributed by atoms with E-state index >= 15 is 0 Å². The molecule has 0 unspecified atom stereocenters. The Labute approximate surface area is 225 Å². The molecule has 1 fully saturated rings. The third-order valence-electron chi connectivity index (χ3n) is 6.45. The molecule has 4 heterocycles. The Hall–Kier alpha value is -4.26. The average molecular weight is 532 g/mol. The molecular formula is C28H26ClN5O4. The number of anilines is 2. The molecule has 2 aliphatic heterocycles. The minimum absolute atomic E-state index is 0.183. The molecule has 1 aromatic carbocycles. The molecule has 2 aromatic heterocycles. The smallest absolute Gasteiger partial charge is 0.255 e. The molecule has 9 nitrogen and oxygen atoms in total. The van der Waals surface area contributed by atoms with Crippen LogP contribution in [0.25, 0.3) is 11.3 Å². The van der Waals surface area contributed by atoms with Crippen LogP contribution >= 0.6 is 11.6 Å². The molecule has 2 amide bonds. The van der Waals surface area contributed by atoms with E-state index < -0.39 is 6.04 Å². The molecule has 1 saturated heterocycles. The standard InChI is InChI=1S/C28H26ClN5O4/c1-3-23(35)34-13-14-38-16-18(34)8-7-17-15-30-11-9-19(17)25-26(24-21(32-25)10-12-31-28(24)36)33-22-6-4-5-20(29)27(22)37-2/h3-6,9,11,15,18,32-33H,1,10,12-14,16H2,2H3,(H,31,36)/t18-/m0/s1. The Morgan fingerprint density at radius 3 is 3.08 bits per heavy atom. The molecule has 0 bridgehead atoms. The first-order valence-corrected chi connectivity index (χ1v) is 12.5. The number of rotatable bonds is 5. The number of aromatic amines is 1. The van der Waals surface area contributed by atoms with Crippen LogP contribution in [0.4, 0.5) is 11.4 Å². The highest BCUT2D eigenvalue weighted by Gasteiger charge is 2.29. The van der Waals surface area contributed by atoms with Gasteiger partial charge >= 0.3 is 0 Å². The normalized spacial score (nSPS) is 16.5. The van der Waals surface area contributed by atoms with Crippen LogP contribution in [-0.4, -0.2) is 66.1 Å². The lowest BCUT2D eigenvalue weighted by Gasteiger charge is -2.31. The number of para-hydroxylation sites is 1. The van der Waals surface area contributed by atoms with E-state index in [0.717, 1.165) is 11.3 Å². The van der Waals surface area contributed by atoms with Gasteiger partial charge in [-0.05, 0) is 24.3 Å². The Morgan fingerprint density at radius 1 is 1.39 bits per heavy atom. The highest BCUT2D eigenvalue weighted by molar-refractivity contribution is 6.32. The van der Waals surface area contributed by atoms with Gasteiger partial charge < -0.3 is 30.0 Å². The van der Waals surface area contributed by atoms with E-state index in [-0.39, 0.29) is 11.8 Å². The summed E-state index contributed by atoms with van der Waals surface area (Å²) in [6.07, 6.45) is 5.26. The largest absolute Gasteiger partial charge is 0.493 e. The van der Waals surface area contributed by atoms with Crippen molar-refractivity contribution in [2.45, 2.75) is 12.5 Å². The number of hydrogen-bond donors (Lipinski definition) is 3. The summed E-state index contributed by atoms with van der Waals surface area (Å²) in [6.45, 7) is 5.32. The molecule has 3 N–H and O–H groups in total. The number of pyridine rings is 1. The fourth-order valence-corrected chi connectivity index (χ4v) is 4.88. The van der Waals surface area contributed by atoms with Crippen molar-refractivity contribution in [2.75, 3.05) is 38.7 Å². The molecule has 5 rings (SSSR count). The number of H-pyrrole nitrogens is 1. The third kappa shape index (κ3) is 4.84. The Balaban J connectivity index is 1.60. The maximum atomic E-state index is 13.0. The molecule has 0 aliphatic carbocycles. The van der Waals surface area contributed by atoms with Gasteiger partial charge in [-0.2, -0.15) is 0 Å². The van der Waals surface area contributed by atoms with Crippen molar-refractivity contribution >= 4 is 34.8 Å². The highest BCUT2D eigenvalue weighted by atomic mass is 35.5. The molecule has 38 heavy (non-hydrogen) atoms. The molecule has 0 saturated carbocycles. The number of halogens is 1. The fourth-order valence-electron chi connectivity index (χ4n) is 4.63. The van der Waals surface area contributed by atoms with Gasteiger partial charge in [0.15, 0.2) is 5.75 Å². The second kappa shape index (κ2) is 11.0. The highest BCUT2D eigenvalue weighted by Crippen LogP contribution is 2.41. The maximum Gasteiger partial charge on any atom is 0.255 e. The van der Waals surface area contributed by atoms with E-state index in [1.54, 1.807) is 36.5 Å². The first-order valence-electron chi connectivity index (χ1n) is 12.1. The lowest BCUT2D eigenvalue weighted by atomic mass is 10.0. The SMILES string of the molecule is C=CC(=O)N1CCOC[C@@H]1C#Cc1cnccc1-c1[nH]c2c(c1Nc1cccc(Cl)c1OC)C(=O)NCC2. The number of fused-ring (bicyclic) bond motifs is 1. The van der Waals surface area contributed by atoms with Gasteiger partial charge in [-0.15, -0.1) is 0 Å². The van der Waals surface area contributed by atoms with Gasteiger partial charge in [0.05, 0.1) is 53.5 Å². The zero-order valence-corrected chi connectivity index (χ0v) is 21.5. The molecule has 3 aromatic rings. The van der Waals surface area contributed by atoms with Crippen LogP contribution in [0.1, 0.15) is 21.6 Å². The Morgan fingerprint density at radius 2 is 2.26 bits per heavy atom. The summed E-state index contributed by atoms with van der Waals surface area (Å²) >= 11 is 6.36. The topological polar surface area (TPSA) is 109 Å². The number of carbonyl (C=O) groups is 2. The molecule has 0 radical (unpaired) electrons. The van der Waals surface area contributed by atoms with Crippen molar-refractivity contribution < 1.29 is 19.1 Å². The monoisotopic (exact) mass is 531 g/mol. The van der Waals surface area contributed by atoms with Gasteiger partial charge in [0.2, 0.25) is 5.91 Å². The summed E-state index contributed by atoms with van der Waals surface area (Å²) in [5, 5.41) is 6.74. The first-order chi connectivity index (χ1) is 18.5. The zero-order chi connectivity index (χ0) is 26.6. The predicted octanol–water partition coefficient (Wildman–Crippen LogP) is 3.53. The van der Waals surface area contributed by atoms with Gasteiger partial charge in [0.1, 0.15) is 6.04 Å². The van der Waals surface area contributed by atoms with Crippen LogP contribution in [0.5, 0.6) is 5.75 Å². The number of ether oxygens (including phenoxy) is 2. The number of carbonyl (C=O) groups excluding carboxylic acids is 2. The second-order valence-electron chi connectivity index (χ2n) is 8.70. The number of nitrogens with zero attached hydrogens (tertiary/aromatic N) is 2. The summed E-state index contributed by atoms with van der Waals surface area (Å²) < 4.78 is 11.1. The number of amides is 2. The molecule has 1 atom stereocenters. The molecule has 10 heteroatoms. The van der Waals surface area contributed by atoms with E-state index in [0.29, 0.717) is 71.7 Å². The number of morpholine rings is 1. The van der Waals surface area contributed by atoms with Gasteiger partial charge in [-0.3, -0.25) is 14.6 Å². The lowest BCUT2D eigenvalue weighted by Crippen LogP contribution is -2.47. The number of aromatic nitrogens is 2. The van der Waals surface area contributed by atoms with E-state index in [1.165, 1.54) is 6.08 Å². The molecule has 0 spiro atoms. The number of nitrogens with one attached hydrogen (secondary N) is 3. The van der Waals surface area contributed by atoms with Crippen LogP contribution in [0.15, 0.2) is 49.3 Å². The average Bonchev–Trinajstić information content (AvgIpc) is 3.31. The number of hydrogen-bond acceptors (Lipinski definition) is 6. The Kier molecular flexibility index (Phi) is 7.36. The van der Waals surface area contributed by atoms with Crippen molar-refractivity contribution in [1.82, 2.24) is 20.2 Å². The summed E-state index contributed by atoms with van der Waals surface area (Å²) in [6, 6.07) is 6.79.